The minimum atomic E-state index is -0.384. The first-order valence-corrected chi connectivity index (χ1v) is 8.37. The van der Waals surface area contributed by atoms with Gasteiger partial charge in [0.2, 0.25) is 0 Å². The summed E-state index contributed by atoms with van der Waals surface area (Å²) in [6.07, 6.45) is 2.24. The molecule has 1 aliphatic rings. The van der Waals surface area contributed by atoms with E-state index in [0.717, 1.165) is 0 Å². The number of hydrogen-bond acceptors (Lipinski definition) is 4. The summed E-state index contributed by atoms with van der Waals surface area (Å²) in [6.45, 7) is 3.17. The van der Waals surface area contributed by atoms with E-state index in [1.807, 2.05) is 25.1 Å². The Labute approximate surface area is 144 Å². The maximum atomic E-state index is 12.8. The lowest BCUT2D eigenvalue weighted by molar-refractivity contribution is 0.152. The summed E-state index contributed by atoms with van der Waals surface area (Å²) < 4.78 is 2.58. The van der Waals surface area contributed by atoms with Crippen LogP contribution in [0.1, 0.15) is 24.2 Å². The number of carbonyl (C=O) groups is 1. The molecule has 4 rings (SSSR count). The second-order valence-electron chi connectivity index (χ2n) is 6.32. The number of aryl methyl sites for hydroxylation is 2. The van der Waals surface area contributed by atoms with E-state index >= 15 is 0 Å². The number of imidazole rings is 1. The highest BCUT2D eigenvalue weighted by molar-refractivity contribution is 5.88. The summed E-state index contributed by atoms with van der Waals surface area (Å²) in [7, 11) is 1.63. The van der Waals surface area contributed by atoms with E-state index in [9.17, 15) is 9.59 Å². The molecule has 1 saturated heterocycles. The van der Waals surface area contributed by atoms with Crippen LogP contribution in [-0.4, -0.2) is 43.1 Å². The minimum Gasteiger partial charge on any atom is -0.323 e. The van der Waals surface area contributed by atoms with Crippen LogP contribution in [0.3, 0.4) is 0 Å². The predicted octanol–water partition coefficient (Wildman–Crippen LogP) is 1.76. The molecule has 7 heteroatoms. The smallest absolute Gasteiger partial charge is 0.323 e. The summed E-state index contributed by atoms with van der Waals surface area (Å²) >= 11 is 0. The van der Waals surface area contributed by atoms with Crippen LogP contribution in [0.15, 0.2) is 41.3 Å². The number of rotatable bonds is 2. The van der Waals surface area contributed by atoms with E-state index in [1.54, 1.807) is 18.1 Å². The van der Waals surface area contributed by atoms with Crippen molar-refractivity contribution in [3.8, 4) is 0 Å². The molecule has 128 valence electrons. The average molecular weight is 337 g/mol. The largest absolute Gasteiger partial charge is 0.338 e. The summed E-state index contributed by atoms with van der Waals surface area (Å²) in [5.41, 5.74) is 1.78. The van der Waals surface area contributed by atoms with E-state index in [-0.39, 0.29) is 11.7 Å². The van der Waals surface area contributed by atoms with Gasteiger partial charge in [0.15, 0.2) is 5.65 Å². The zero-order valence-corrected chi connectivity index (χ0v) is 14.2. The van der Waals surface area contributed by atoms with Gasteiger partial charge in [0.25, 0.3) is 0 Å². The number of fused-ring (bicyclic) bond motifs is 1. The van der Waals surface area contributed by atoms with Crippen LogP contribution in [0.5, 0.6) is 0 Å². The quantitative estimate of drug-likeness (QED) is 0.714. The zero-order valence-electron chi connectivity index (χ0n) is 14.2. The lowest BCUT2D eigenvalue weighted by Gasteiger charge is -2.39. The molecule has 7 nitrogen and oxygen atoms in total. The molecular formula is C18H19N5O2. The second-order valence-corrected chi connectivity index (χ2v) is 6.32. The third-order valence-corrected chi connectivity index (χ3v) is 4.77. The van der Waals surface area contributed by atoms with Crippen molar-refractivity contribution in [2.45, 2.75) is 19.3 Å². The van der Waals surface area contributed by atoms with Gasteiger partial charge in [-0.2, -0.15) is 0 Å². The van der Waals surface area contributed by atoms with E-state index in [1.165, 1.54) is 14.7 Å². The first-order chi connectivity index (χ1) is 12.1. The number of amides is 1. The van der Waals surface area contributed by atoms with Crippen LogP contribution in [0.25, 0.3) is 11.2 Å². The Morgan fingerprint density at radius 3 is 2.64 bits per heavy atom. The van der Waals surface area contributed by atoms with Crippen LogP contribution >= 0.6 is 0 Å². The normalized spacial score (nSPS) is 14.7. The zero-order chi connectivity index (χ0) is 17.6. The number of benzene rings is 1. The van der Waals surface area contributed by atoms with Crippen molar-refractivity contribution >= 4 is 17.2 Å². The predicted molar refractivity (Wildman–Crippen MR) is 93.7 cm³/mol. The first-order valence-electron chi connectivity index (χ1n) is 8.37. The van der Waals surface area contributed by atoms with Crippen LogP contribution in [0.4, 0.5) is 4.79 Å². The highest BCUT2D eigenvalue weighted by Crippen LogP contribution is 2.27. The molecule has 0 atom stereocenters. The lowest BCUT2D eigenvalue weighted by atomic mass is 9.92. The SMILES string of the molecule is CCc1ncc2c(n1)n(C)c(=O)n2C(=O)N1CC(c2ccccc2)C1. The molecule has 0 bridgehead atoms. The van der Waals surface area contributed by atoms with E-state index < -0.39 is 0 Å². The molecule has 1 amide bonds. The molecule has 0 aliphatic carbocycles. The maximum Gasteiger partial charge on any atom is 0.338 e. The van der Waals surface area contributed by atoms with Gasteiger partial charge in [0.1, 0.15) is 11.3 Å². The molecule has 1 fully saturated rings. The molecule has 0 radical (unpaired) electrons. The van der Waals surface area contributed by atoms with Gasteiger partial charge < -0.3 is 4.90 Å². The van der Waals surface area contributed by atoms with E-state index in [4.69, 9.17) is 0 Å². The van der Waals surface area contributed by atoms with Crippen LogP contribution in [0.2, 0.25) is 0 Å². The van der Waals surface area contributed by atoms with Gasteiger partial charge in [-0.25, -0.2) is 24.1 Å². The minimum absolute atomic E-state index is 0.310. The van der Waals surface area contributed by atoms with Crippen molar-refractivity contribution in [2.75, 3.05) is 13.1 Å². The first kappa shape index (κ1) is 15.6. The standard InChI is InChI=1S/C18H19N5O2/c1-3-15-19-9-14-16(20-15)21(2)17(24)23(14)18(25)22-10-13(11-22)12-7-5-4-6-8-12/h4-9,13H,3,10-11H2,1-2H3. The number of hydrogen-bond donors (Lipinski definition) is 0. The highest BCUT2D eigenvalue weighted by atomic mass is 16.2. The number of nitrogens with zero attached hydrogens (tertiary/aromatic N) is 5. The maximum absolute atomic E-state index is 12.8. The molecule has 0 spiro atoms. The Balaban J connectivity index is 1.63. The topological polar surface area (TPSA) is 73.0 Å². The molecule has 2 aromatic heterocycles. The molecule has 0 saturated carbocycles. The molecule has 1 aromatic carbocycles. The van der Waals surface area contributed by atoms with Crippen LogP contribution in [0, 0.1) is 0 Å². The fourth-order valence-corrected chi connectivity index (χ4v) is 3.22. The molecule has 3 aromatic rings. The van der Waals surface area contributed by atoms with Gasteiger partial charge in [-0.05, 0) is 5.56 Å². The Morgan fingerprint density at radius 2 is 1.96 bits per heavy atom. The van der Waals surface area contributed by atoms with Gasteiger partial charge in [-0.15, -0.1) is 0 Å². The molecule has 3 heterocycles. The third-order valence-electron chi connectivity index (χ3n) is 4.77. The molecule has 1 aliphatic heterocycles. The summed E-state index contributed by atoms with van der Waals surface area (Å²) in [4.78, 5) is 35.7. The summed E-state index contributed by atoms with van der Waals surface area (Å²) in [5.74, 6) is 0.972. The number of likely N-dealkylation sites (tertiary alicyclic amines) is 1. The van der Waals surface area contributed by atoms with Crippen molar-refractivity contribution in [1.82, 2.24) is 24.0 Å². The lowest BCUT2D eigenvalue weighted by Crippen LogP contribution is -2.51. The van der Waals surface area contributed by atoms with Crippen LogP contribution in [-0.2, 0) is 13.5 Å². The Kier molecular flexibility index (Phi) is 3.63. The van der Waals surface area contributed by atoms with Crippen molar-refractivity contribution in [3.05, 3.63) is 58.4 Å². The number of aromatic nitrogens is 4. The van der Waals surface area contributed by atoms with Gasteiger partial charge in [0.05, 0.1) is 6.20 Å². The van der Waals surface area contributed by atoms with Crippen molar-refractivity contribution in [3.63, 3.8) is 0 Å². The molecular weight excluding hydrogens is 318 g/mol. The van der Waals surface area contributed by atoms with Crippen molar-refractivity contribution in [2.24, 2.45) is 7.05 Å². The van der Waals surface area contributed by atoms with E-state index in [2.05, 4.69) is 22.1 Å². The Hall–Kier alpha value is -2.96. The second kappa shape index (κ2) is 5.84. The summed E-state index contributed by atoms with van der Waals surface area (Å²) in [5, 5.41) is 0. The fourth-order valence-electron chi connectivity index (χ4n) is 3.22. The Bertz CT molecular complexity index is 999. The highest BCUT2D eigenvalue weighted by Gasteiger charge is 2.34. The number of carbonyl (C=O) groups excluding carboxylic acids is 1. The van der Waals surface area contributed by atoms with E-state index in [0.29, 0.717) is 42.4 Å². The monoisotopic (exact) mass is 337 g/mol. The average Bonchev–Trinajstić information content (AvgIpc) is 2.85. The van der Waals surface area contributed by atoms with Gasteiger partial charge in [-0.1, -0.05) is 37.3 Å². The van der Waals surface area contributed by atoms with Gasteiger partial charge in [-0.3, -0.25) is 4.57 Å². The van der Waals surface area contributed by atoms with Crippen LogP contribution < -0.4 is 5.69 Å². The molecule has 0 N–H and O–H groups in total. The van der Waals surface area contributed by atoms with Crippen molar-refractivity contribution in [1.29, 1.82) is 0 Å². The van der Waals surface area contributed by atoms with Crippen molar-refractivity contribution < 1.29 is 4.79 Å². The Morgan fingerprint density at radius 1 is 1.24 bits per heavy atom. The molecule has 25 heavy (non-hydrogen) atoms. The van der Waals surface area contributed by atoms with Gasteiger partial charge in [0, 0.05) is 32.5 Å². The molecule has 0 unspecified atom stereocenters. The van der Waals surface area contributed by atoms with Gasteiger partial charge >= 0.3 is 11.7 Å². The third kappa shape index (κ3) is 2.43. The summed E-state index contributed by atoms with van der Waals surface area (Å²) in [6, 6.07) is 9.80. The fraction of sp³-hybridized carbons (Fsp3) is 0.333.